The fourth-order valence-corrected chi connectivity index (χ4v) is 1.88. The molecule has 0 fully saturated rings. The van der Waals surface area contributed by atoms with Crippen LogP contribution < -0.4 is 9.47 Å². The molecule has 0 bridgehead atoms. The summed E-state index contributed by atoms with van der Waals surface area (Å²) >= 11 is 0. The van der Waals surface area contributed by atoms with Crippen molar-refractivity contribution in [3.05, 3.63) is 53.1 Å². The number of aromatic hydroxyl groups is 1. The maximum Gasteiger partial charge on any atom is 0.200 e. The van der Waals surface area contributed by atoms with Crippen LogP contribution in [0.4, 0.5) is 0 Å². The number of ether oxygens (including phenoxy) is 2. The zero-order valence-corrected chi connectivity index (χ0v) is 11.9. The fraction of sp³-hybridized carbons (Fsp3) is 0.176. The Morgan fingerprint density at radius 3 is 1.85 bits per heavy atom. The highest BCUT2D eigenvalue weighted by Gasteiger charge is 2.09. The molecule has 3 heteroatoms. The molecule has 104 valence electrons. The van der Waals surface area contributed by atoms with Crippen LogP contribution in [0.15, 0.2) is 36.4 Å². The van der Waals surface area contributed by atoms with Crippen molar-refractivity contribution in [3.8, 4) is 17.2 Å². The molecule has 2 aromatic rings. The quantitative estimate of drug-likeness (QED) is 0.857. The molecule has 0 spiro atoms. The molecular weight excluding hydrogens is 252 g/mol. The van der Waals surface area contributed by atoms with E-state index in [1.54, 1.807) is 12.1 Å². The maximum absolute atomic E-state index is 9.85. The van der Waals surface area contributed by atoms with Crippen molar-refractivity contribution in [2.24, 2.45) is 0 Å². The molecule has 0 aliphatic heterocycles. The molecule has 0 unspecified atom stereocenters. The van der Waals surface area contributed by atoms with E-state index in [9.17, 15) is 5.11 Å². The monoisotopic (exact) mass is 270 g/mol. The van der Waals surface area contributed by atoms with Crippen molar-refractivity contribution in [3.63, 3.8) is 0 Å². The van der Waals surface area contributed by atoms with Crippen molar-refractivity contribution in [2.45, 2.75) is 6.92 Å². The number of hydrogen-bond donors (Lipinski definition) is 1. The van der Waals surface area contributed by atoms with Gasteiger partial charge in [-0.3, -0.25) is 0 Å². The Morgan fingerprint density at radius 1 is 0.850 bits per heavy atom. The van der Waals surface area contributed by atoms with Gasteiger partial charge in [0.15, 0.2) is 11.5 Å². The third kappa shape index (κ3) is 3.12. The number of rotatable bonds is 4. The lowest BCUT2D eigenvalue weighted by molar-refractivity contribution is 0.340. The molecule has 0 aliphatic carbocycles. The molecule has 0 amide bonds. The number of methoxy groups -OCH3 is 2. The van der Waals surface area contributed by atoms with E-state index in [1.165, 1.54) is 19.8 Å². The van der Waals surface area contributed by atoms with Gasteiger partial charge in [-0.15, -0.1) is 0 Å². The van der Waals surface area contributed by atoms with Gasteiger partial charge in [-0.1, -0.05) is 42.0 Å². The molecule has 0 saturated carbocycles. The van der Waals surface area contributed by atoms with E-state index < -0.39 is 0 Å². The van der Waals surface area contributed by atoms with E-state index in [2.05, 4.69) is 31.2 Å². The van der Waals surface area contributed by atoms with E-state index in [4.69, 9.17) is 9.47 Å². The Kier molecular flexibility index (Phi) is 4.31. The Balaban J connectivity index is 2.31. The van der Waals surface area contributed by atoms with E-state index in [0.29, 0.717) is 11.5 Å². The summed E-state index contributed by atoms with van der Waals surface area (Å²) in [5, 5.41) is 9.85. The highest BCUT2D eigenvalue weighted by molar-refractivity contribution is 5.72. The first kappa shape index (κ1) is 14.0. The summed E-state index contributed by atoms with van der Waals surface area (Å²) in [6, 6.07) is 11.8. The third-order valence-electron chi connectivity index (χ3n) is 3.05. The summed E-state index contributed by atoms with van der Waals surface area (Å²) < 4.78 is 10.3. The largest absolute Gasteiger partial charge is 0.502 e. The van der Waals surface area contributed by atoms with Gasteiger partial charge in [-0.05, 0) is 30.2 Å². The first-order chi connectivity index (χ1) is 9.63. The second-order valence-electron chi connectivity index (χ2n) is 4.52. The van der Waals surface area contributed by atoms with Gasteiger partial charge in [0, 0.05) is 0 Å². The Labute approximate surface area is 119 Å². The first-order valence-corrected chi connectivity index (χ1v) is 6.34. The smallest absolute Gasteiger partial charge is 0.200 e. The average molecular weight is 270 g/mol. The van der Waals surface area contributed by atoms with Crippen LogP contribution in [0, 0.1) is 6.92 Å². The van der Waals surface area contributed by atoms with Gasteiger partial charge in [0.2, 0.25) is 5.75 Å². The molecular formula is C17H18O3. The first-order valence-electron chi connectivity index (χ1n) is 6.34. The fourth-order valence-electron chi connectivity index (χ4n) is 1.88. The molecule has 0 heterocycles. The Morgan fingerprint density at radius 2 is 1.35 bits per heavy atom. The molecule has 0 atom stereocenters. The van der Waals surface area contributed by atoms with Crippen molar-refractivity contribution in [1.29, 1.82) is 0 Å². The van der Waals surface area contributed by atoms with Crippen LogP contribution in [0.2, 0.25) is 0 Å². The molecule has 20 heavy (non-hydrogen) atoms. The van der Waals surface area contributed by atoms with E-state index >= 15 is 0 Å². The normalized spacial score (nSPS) is 10.8. The van der Waals surface area contributed by atoms with Crippen molar-refractivity contribution >= 4 is 12.2 Å². The van der Waals surface area contributed by atoms with Gasteiger partial charge >= 0.3 is 0 Å². The minimum absolute atomic E-state index is 0.0162. The minimum atomic E-state index is 0.0162. The second kappa shape index (κ2) is 6.15. The van der Waals surface area contributed by atoms with Gasteiger partial charge in [-0.2, -0.15) is 0 Å². The van der Waals surface area contributed by atoms with Crippen LogP contribution in [0.25, 0.3) is 12.2 Å². The van der Waals surface area contributed by atoms with Gasteiger partial charge in [0.1, 0.15) is 0 Å². The predicted molar refractivity (Wildman–Crippen MR) is 81.3 cm³/mol. The molecule has 2 rings (SSSR count). The average Bonchev–Trinajstić information content (AvgIpc) is 2.47. The van der Waals surface area contributed by atoms with Crippen molar-refractivity contribution in [1.82, 2.24) is 0 Å². The standard InChI is InChI=1S/C17H18O3/c1-12-4-6-13(7-5-12)8-9-14-10-15(19-2)17(18)16(11-14)20-3/h4-11,18H,1-3H3/b9-8+. The van der Waals surface area contributed by atoms with Crippen LogP contribution in [-0.4, -0.2) is 19.3 Å². The zero-order chi connectivity index (χ0) is 14.5. The summed E-state index contributed by atoms with van der Waals surface area (Å²) in [5.74, 6) is 0.809. The maximum atomic E-state index is 9.85. The number of hydrogen-bond acceptors (Lipinski definition) is 3. The Bertz CT molecular complexity index is 588. The minimum Gasteiger partial charge on any atom is -0.502 e. The predicted octanol–water partition coefficient (Wildman–Crippen LogP) is 3.89. The number of phenolic OH excluding ortho intramolecular Hbond substituents is 1. The number of phenols is 1. The van der Waals surface area contributed by atoms with Gasteiger partial charge in [0.05, 0.1) is 14.2 Å². The zero-order valence-electron chi connectivity index (χ0n) is 11.9. The molecule has 2 aromatic carbocycles. The molecule has 0 aliphatic rings. The van der Waals surface area contributed by atoms with Crippen LogP contribution in [-0.2, 0) is 0 Å². The number of aryl methyl sites for hydroxylation is 1. The molecule has 3 nitrogen and oxygen atoms in total. The van der Waals surface area contributed by atoms with Crippen molar-refractivity contribution in [2.75, 3.05) is 14.2 Å². The summed E-state index contributed by atoms with van der Waals surface area (Å²) in [5.41, 5.74) is 3.24. The lowest BCUT2D eigenvalue weighted by Gasteiger charge is -2.09. The highest BCUT2D eigenvalue weighted by atomic mass is 16.5. The topological polar surface area (TPSA) is 38.7 Å². The van der Waals surface area contributed by atoms with Crippen LogP contribution in [0.3, 0.4) is 0 Å². The van der Waals surface area contributed by atoms with E-state index in [0.717, 1.165) is 11.1 Å². The molecule has 0 saturated heterocycles. The van der Waals surface area contributed by atoms with Crippen LogP contribution >= 0.6 is 0 Å². The van der Waals surface area contributed by atoms with Gasteiger partial charge in [0.25, 0.3) is 0 Å². The van der Waals surface area contributed by atoms with Crippen LogP contribution in [0.1, 0.15) is 16.7 Å². The van der Waals surface area contributed by atoms with Crippen LogP contribution in [0.5, 0.6) is 17.2 Å². The third-order valence-corrected chi connectivity index (χ3v) is 3.05. The lowest BCUT2D eigenvalue weighted by Crippen LogP contribution is -1.90. The van der Waals surface area contributed by atoms with Crippen molar-refractivity contribution < 1.29 is 14.6 Å². The molecule has 1 N–H and O–H groups in total. The SMILES string of the molecule is COc1cc(/C=C/c2ccc(C)cc2)cc(OC)c1O. The van der Waals surface area contributed by atoms with Gasteiger partial charge in [-0.25, -0.2) is 0 Å². The van der Waals surface area contributed by atoms with E-state index in [1.807, 2.05) is 12.2 Å². The highest BCUT2D eigenvalue weighted by Crippen LogP contribution is 2.37. The molecule has 0 aromatic heterocycles. The van der Waals surface area contributed by atoms with E-state index in [-0.39, 0.29) is 5.75 Å². The summed E-state index contributed by atoms with van der Waals surface area (Å²) in [4.78, 5) is 0. The molecule has 0 radical (unpaired) electrons. The summed E-state index contributed by atoms with van der Waals surface area (Å²) in [6.07, 6.45) is 3.96. The number of benzene rings is 2. The second-order valence-corrected chi connectivity index (χ2v) is 4.52. The summed E-state index contributed by atoms with van der Waals surface area (Å²) in [6.45, 7) is 2.06. The van der Waals surface area contributed by atoms with Gasteiger partial charge < -0.3 is 14.6 Å². The lowest BCUT2D eigenvalue weighted by atomic mass is 10.1. The summed E-state index contributed by atoms with van der Waals surface area (Å²) in [7, 11) is 3.03. The Hall–Kier alpha value is -2.42.